The second-order valence-corrected chi connectivity index (χ2v) is 8.51. The summed E-state index contributed by atoms with van der Waals surface area (Å²) in [6.45, 7) is 11.3. The zero-order valence-electron chi connectivity index (χ0n) is 18.5. The molecule has 5 rings (SSSR count). The van der Waals surface area contributed by atoms with Gasteiger partial charge in [0.05, 0.1) is 42.0 Å². The van der Waals surface area contributed by atoms with Crippen molar-refractivity contribution in [3.05, 3.63) is 30.6 Å². The third-order valence-corrected chi connectivity index (χ3v) is 6.11. The van der Waals surface area contributed by atoms with Crippen molar-refractivity contribution in [1.29, 1.82) is 0 Å². The number of imidazole rings is 1. The Balaban J connectivity index is 1.62. The molecule has 0 aliphatic carbocycles. The normalized spacial score (nSPS) is 27.1. The first-order chi connectivity index (χ1) is 15.0. The summed E-state index contributed by atoms with van der Waals surface area (Å²) in [5.74, 6) is 1.92. The number of benzene rings is 1. The quantitative estimate of drug-likeness (QED) is 0.635. The molecule has 2 aliphatic rings. The molecule has 2 aliphatic heterocycles. The zero-order chi connectivity index (χ0) is 21.5. The molecule has 31 heavy (non-hydrogen) atoms. The van der Waals surface area contributed by atoms with Crippen LogP contribution < -0.4 is 9.80 Å². The maximum atomic E-state index is 5.92. The number of para-hydroxylation sites is 2. The third kappa shape index (κ3) is 3.83. The Labute approximate surface area is 182 Å². The third-order valence-electron chi connectivity index (χ3n) is 6.11. The van der Waals surface area contributed by atoms with E-state index in [-0.39, 0.29) is 24.4 Å². The van der Waals surface area contributed by atoms with Gasteiger partial charge in [0.25, 0.3) is 0 Å². The summed E-state index contributed by atoms with van der Waals surface area (Å²) in [5, 5.41) is 0. The zero-order valence-corrected chi connectivity index (χ0v) is 18.5. The van der Waals surface area contributed by atoms with Gasteiger partial charge in [0.1, 0.15) is 6.33 Å². The second-order valence-electron chi connectivity index (χ2n) is 8.51. The van der Waals surface area contributed by atoms with Crippen LogP contribution in [0.4, 0.5) is 11.9 Å². The second kappa shape index (κ2) is 8.05. The van der Waals surface area contributed by atoms with E-state index in [9.17, 15) is 0 Å². The van der Waals surface area contributed by atoms with Gasteiger partial charge in [-0.05, 0) is 39.8 Å². The molecule has 0 amide bonds. The van der Waals surface area contributed by atoms with Gasteiger partial charge in [-0.15, -0.1) is 0 Å². The molecule has 0 bridgehead atoms. The van der Waals surface area contributed by atoms with Gasteiger partial charge in [-0.25, -0.2) is 4.98 Å². The van der Waals surface area contributed by atoms with Gasteiger partial charge in [-0.2, -0.15) is 15.0 Å². The van der Waals surface area contributed by atoms with E-state index in [0.29, 0.717) is 24.5 Å². The molecule has 3 aromatic rings. The van der Waals surface area contributed by atoms with E-state index in [4.69, 9.17) is 24.4 Å². The van der Waals surface area contributed by atoms with Crippen LogP contribution >= 0.6 is 0 Å². The van der Waals surface area contributed by atoms with Gasteiger partial charge in [0.2, 0.25) is 17.8 Å². The van der Waals surface area contributed by atoms with E-state index < -0.39 is 0 Å². The number of nitrogens with zero attached hydrogens (tertiary/aromatic N) is 7. The van der Waals surface area contributed by atoms with Gasteiger partial charge in [-0.1, -0.05) is 12.1 Å². The van der Waals surface area contributed by atoms with E-state index in [1.54, 1.807) is 6.33 Å². The van der Waals surface area contributed by atoms with Gasteiger partial charge in [0, 0.05) is 19.6 Å². The molecule has 9 nitrogen and oxygen atoms in total. The first kappa shape index (κ1) is 20.1. The first-order valence-electron chi connectivity index (χ1n) is 11.0. The van der Waals surface area contributed by atoms with E-state index in [1.165, 1.54) is 0 Å². The number of anilines is 2. The Bertz CT molecular complexity index is 1060. The van der Waals surface area contributed by atoms with Crippen LogP contribution in [0.25, 0.3) is 17.0 Å². The smallest absolute Gasteiger partial charge is 0.242 e. The maximum Gasteiger partial charge on any atom is 0.242 e. The fourth-order valence-corrected chi connectivity index (χ4v) is 4.40. The Morgan fingerprint density at radius 3 is 2.42 bits per heavy atom. The minimum Gasteiger partial charge on any atom is -0.375 e. The summed E-state index contributed by atoms with van der Waals surface area (Å²) in [5.41, 5.74) is 1.88. The van der Waals surface area contributed by atoms with Crippen molar-refractivity contribution in [3.63, 3.8) is 0 Å². The van der Waals surface area contributed by atoms with Crippen LogP contribution in [0.5, 0.6) is 0 Å². The summed E-state index contributed by atoms with van der Waals surface area (Å²) >= 11 is 0. The van der Waals surface area contributed by atoms with Gasteiger partial charge < -0.3 is 19.3 Å². The number of hydrogen-bond acceptors (Lipinski definition) is 8. The molecule has 9 heteroatoms. The molecule has 2 fully saturated rings. The van der Waals surface area contributed by atoms with Gasteiger partial charge in [0.15, 0.2) is 0 Å². The van der Waals surface area contributed by atoms with Crippen LogP contribution in [0.3, 0.4) is 0 Å². The molecule has 1 aromatic carbocycles. The molecule has 0 spiro atoms. The van der Waals surface area contributed by atoms with E-state index >= 15 is 0 Å². The summed E-state index contributed by atoms with van der Waals surface area (Å²) in [6, 6.07) is 8.17. The van der Waals surface area contributed by atoms with Crippen LogP contribution in [0.2, 0.25) is 0 Å². The number of hydrogen-bond donors (Lipinski definition) is 0. The number of aromatic nitrogens is 5. The van der Waals surface area contributed by atoms with Crippen LogP contribution in [0, 0.1) is 0 Å². The highest BCUT2D eigenvalue weighted by Crippen LogP contribution is 2.25. The molecular weight excluding hydrogens is 394 g/mol. The maximum absolute atomic E-state index is 5.92. The van der Waals surface area contributed by atoms with Crippen molar-refractivity contribution in [2.24, 2.45) is 0 Å². The standard InChI is InChI=1S/C22H29N7O2/c1-14-11-27(12-15(2)31-14)20-24-21(28-9-10-30-17(4)16(28)3)26-22(25-20)29-13-23-18-7-5-6-8-19(18)29/h5-8,13-17H,9-12H2,1-4H3. The predicted octanol–water partition coefficient (Wildman–Crippen LogP) is 2.44. The topological polar surface area (TPSA) is 81.4 Å². The van der Waals surface area contributed by atoms with Gasteiger partial charge in [-0.3, -0.25) is 4.57 Å². The lowest BCUT2D eigenvalue weighted by atomic mass is 10.1. The van der Waals surface area contributed by atoms with Crippen molar-refractivity contribution in [2.75, 3.05) is 36.0 Å². The average Bonchev–Trinajstić information content (AvgIpc) is 3.19. The molecule has 164 valence electrons. The lowest BCUT2D eigenvalue weighted by Crippen LogP contribution is -2.50. The average molecular weight is 424 g/mol. The van der Waals surface area contributed by atoms with Crippen molar-refractivity contribution in [1.82, 2.24) is 24.5 Å². The molecule has 2 aromatic heterocycles. The van der Waals surface area contributed by atoms with Crippen LogP contribution in [0.15, 0.2) is 30.6 Å². The lowest BCUT2D eigenvalue weighted by molar-refractivity contribution is -0.00574. The molecule has 0 saturated carbocycles. The summed E-state index contributed by atoms with van der Waals surface area (Å²) in [4.78, 5) is 23.6. The first-order valence-corrected chi connectivity index (χ1v) is 11.0. The van der Waals surface area contributed by atoms with E-state index in [0.717, 1.165) is 30.7 Å². The fourth-order valence-electron chi connectivity index (χ4n) is 4.40. The fraction of sp³-hybridized carbons (Fsp3) is 0.545. The van der Waals surface area contributed by atoms with E-state index in [2.05, 4.69) is 42.5 Å². The molecule has 4 atom stereocenters. The number of morpholine rings is 2. The SMILES string of the molecule is CC1CN(c2nc(N3CCOC(C)C3C)nc(-n3cnc4ccccc43)n2)CC(C)O1. The number of fused-ring (bicyclic) bond motifs is 1. The summed E-state index contributed by atoms with van der Waals surface area (Å²) in [7, 11) is 0. The minimum atomic E-state index is 0.106. The largest absolute Gasteiger partial charge is 0.375 e. The van der Waals surface area contributed by atoms with E-state index in [1.807, 2.05) is 28.8 Å². The van der Waals surface area contributed by atoms with Crippen molar-refractivity contribution < 1.29 is 9.47 Å². The van der Waals surface area contributed by atoms with Gasteiger partial charge >= 0.3 is 0 Å². The Kier molecular flexibility index (Phi) is 5.23. The van der Waals surface area contributed by atoms with Crippen LogP contribution in [-0.2, 0) is 9.47 Å². The highest BCUT2D eigenvalue weighted by molar-refractivity contribution is 5.76. The summed E-state index contributed by atoms with van der Waals surface area (Å²) < 4.78 is 13.7. The lowest BCUT2D eigenvalue weighted by Gasteiger charge is -2.39. The molecular formula is C22H29N7O2. The van der Waals surface area contributed by atoms with Crippen LogP contribution in [-0.4, -0.2) is 75.1 Å². The Morgan fingerprint density at radius 2 is 1.61 bits per heavy atom. The van der Waals surface area contributed by atoms with Crippen molar-refractivity contribution >= 4 is 22.9 Å². The highest BCUT2D eigenvalue weighted by atomic mass is 16.5. The highest BCUT2D eigenvalue weighted by Gasteiger charge is 2.30. The molecule has 0 radical (unpaired) electrons. The minimum absolute atomic E-state index is 0.106. The summed E-state index contributed by atoms with van der Waals surface area (Å²) in [6.07, 6.45) is 2.12. The molecule has 2 saturated heterocycles. The Morgan fingerprint density at radius 1 is 0.903 bits per heavy atom. The van der Waals surface area contributed by atoms with Crippen LogP contribution in [0.1, 0.15) is 27.7 Å². The van der Waals surface area contributed by atoms with Crippen molar-refractivity contribution in [2.45, 2.75) is 52.0 Å². The number of rotatable bonds is 3. The monoisotopic (exact) mass is 423 g/mol. The number of ether oxygens (including phenoxy) is 2. The molecule has 0 N–H and O–H groups in total. The van der Waals surface area contributed by atoms with Crippen molar-refractivity contribution in [3.8, 4) is 5.95 Å². The molecule has 4 heterocycles. The predicted molar refractivity (Wildman–Crippen MR) is 119 cm³/mol. The molecule has 4 unspecified atom stereocenters. The Hall–Kier alpha value is -2.78.